The van der Waals surface area contributed by atoms with Gasteiger partial charge in [0.05, 0.1) is 0 Å². The van der Waals surface area contributed by atoms with E-state index in [-0.39, 0.29) is 11.7 Å². The van der Waals surface area contributed by atoms with Crippen LogP contribution in [0.3, 0.4) is 0 Å². The van der Waals surface area contributed by atoms with Gasteiger partial charge >= 0.3 is 0 Å². The molecular formula is C11H13NO2. The lowest BCUT2D eigenvalue weighted by molar-refractivity contribution is -0.116. The Kier molecular flexibility index (Phi) is 3.40. The molecule has 0 unspecified atom stereocenters. The van der Waals surface area contributed by atoms with Gasteiger partial charge in [-0.3, -0.25) is 9.59 Å². The monoisotopic (exact) mass is 191 g/mol. The summed E-state index contributed by atoms with van der Waals surface area (Å²) in [6.45, 7) is 3.00. The number of hydrogen-bond donors (Lipinski definition) is 1. The lowest BCUT2D eigenvalue weighted by Crippen LogP contribution is -2.06. The summed E-state index contributed by atoms with van der Waals surface area (Å²) in [5.74, 6) is 0.00921. The van der Waals surface area contributed by atoms with Crippen molar-refractivity contribution in [2.45, 2.75) is 20.3 Å². The molecule has 0 aliphatic heterocycles. The molecule has 1 N–H and O–H groups in total. The highest BCUT2D eigenvalue weighted by Crippen LogP contribution is 2.11. The lowest BCUT2D eigenvalue weighted by Gasteiger charge is -2.03. The molecule has 0 heterocycles. The number of hydrogen-bond acceptors (Lipinski definition) is 2. The molecule has 3 nitrogen and oxygen atoms in total. The predicted molar refractivity (Wildman–Crippen MR) is 55.1 cm³/mol. The number of ketones is 1. The standard InChI is InChI=1S/C11H13NO2/c1-8(13)6-10-4-3-5-11(7-10)12-9(2)14/h3-5,7H,6H2,1-2H3,(H,12,14). The molecule has 0 saturated heterocycles. The summed E-state index contributed by atoms with van der Waals surface area (Å²) in [5, 5.41) is 2.67. The average Bonchev–Trinajstić information content (AvgIpc) is 2.01. The molecule has 74 valence electrons. The number of anilines is 1. The molecule has 0 aromatic heterocycles. The maximum absolute atomic E-state index is 10.9. The fourth-order valence-corrected chi connectivity index (χ4v) is 1.25. The molecule has 3 heteroatoms. The normalized spacial score (nSPS) is 9.57. The molecule has 0 aliphatic rings. The zero-order valence-electron chi connectivity index (χ0n) is 8.33. The van der Waals surface area contributed by atoms with Crippen LogP contribution in [-0.2, 0) is 16.0 Å². The smallest absolute Gasteiger partial charge is 0.221 e. The number of nitrogens with one attached hydrogen (secondary N) is 1. The van der Waals surface area contributed by atoms with Gasteiger partial charge in [-0.05, 0) is 24.6 Å². The van der Waals surface area contributed by atoms with Crippen LogP contribution in [0.4, 0.5) is 5.69 Å². The maximum atomic E-state index is 10.9. The van der Waals surface area contributed by atoms with E-state index in [0.29, 0.717) is 6.42 Å². The molecule has 14 heavy (non-hydrogen) atoms. The minimum atomic E-state index is -0.107. The van der Waals surface area contributed by atoms with E-state index in [0.717, 1.165) is 11.3 Å². The van der Waals surface area contributed by atoms with Crippen molar-refractivity contribution in [3.63, 3.8) is 0 Å². The molecular weight excluding hydrogens is 178 g/mol. The fraction of sp³-hybridized carbons (Fsp3) is 0.273. The first-order valence-corrected chi connectivity index (χ1v) is 4.44. The second-order valence-electron chi connectivity index (χ2n) is 3.26. The number of benzene rings is 1. The van der Waals surface area contributed by atoms with E-state index in [9.17, 15) is 9.59 Å². The van der Waals surface area contributed by atoms with Gasteiger partial charge in [-0.2, -0.15) is 0 Å². The van der Waals surface area contributed by atoms with Crippen LogP contribution >= 0.6 is 0 Å². The minimum Gasteiger partial charge on any atom is -0.326 e. The summed E-state index contributed by atoms with van der Waals surface area (Å²) in [6.07, 6.45) is 0.410. The molecule has 0 atom stereocenters. The van der Waals surface area contributed by atoms with Gasteiger partial charge in [-0.25, -0.2) is 0 Å². The van der Waals surface area contributed by atoms with Gasteiger partial charge in [-0.15, -0.1) is 0 Å². The third kappa shape index (κ3) is 3.39. The zero-order valence-corrected chi connectivity index (χ0v) is 8.33. The van der Waals surface area contributed by atoms with E-state index < -0.39 is 0 Å². The quantitative estimate of drug-likeness (QED) is 0.791. The third-order valence-corrected chi connectivity index (χ3v) is 1.70. The molecule has 0 spiro atoms. The Balaban J connectivity index is 2.78. The number of amides is 1. The summed E-state index contributed by atoms with van der Waals surface area (Å²) in [7, 11) is 0. The van der Waals surface area contributed by atoms with Gasteiger partial charge < -0.3 is 5.32 Å². The first-order valence-electron chi connectivity index (χ1n) is 4.44. The predicted octanol–water partition coefficient (Wildman–Crippen LogP) is 1.78. The summed E-state index contributed by atoms with van der Waals surface area (Å²) in [4.78, 5) is 21.6. The number of carbonyl (C=O) groups excluding carboxylic acids is 2. The van der Waals surface area contributed by atoms with E-state index in [2.05, 4.69) is 5.32 Å². The van der Waals surface area contributed by atoms with Gasteiger partial charge in [0.2, 0.25) is 5.91 Å². The van der Waals surface area contributed by atoms with E-state index in [1.807, 2.05) is 18.2 Å². The van der Waals surface area contributed by atoms with Crippen molar-refractivity contribution in [1.82, 2.24) is 0 Å². The van der Waals surface area contributed by atoms with Crippen molar-refractivity contribution < 1.29 is 9.59 Å². The van der Waals surface area contributed by atoms with Crippen LogP contribution in [0.5, 0.6) is 0 Å². The summed E-state index contributed by atoms with van der Waals surface area (Å²) in [6, 6.07) is 7.30. The van der Waals surface area contributed by atoms with Crippen LogP contribution in [0.1, 0.15) is 19.4 Å². The highest BCUT2D eigenvalue weighted by atomic mass is 16.1. The molecule has 0 fully saturated rings. The number of rotatable bonds is 3. The largest absolute Gasteiger partial charge is 0.326 e. The Morgan fingerprint density at radius 3 is 2.57 bits per heavy atom. The van der Waals surface area contributed by atoms with Crippen LogP contribution < -0.4 is 5.32 Å². The second kappa shape index (κ2) is 4.56. The number of Topliss-reactive ketones (excluding diaryl/α,β-unsaturated/α-hetero) is 1. The Hall–Kier alpha value is -1.64. The Labute approximate surface area is 83.1 Å². The van der Waals surface area contributed by atoms with Gasteiger partial charge in [0.15, 0.2) is 0 Å². The third-order valence-electron chi connectivity index (χ3n) is 1.70. The number of carbonyl (C=O) groups is 2. The Morgan fingerprint density at radius 2 is 2.00 bits per heavy atom. The van der Waals surface area contributed by atoms with Gasteiger partial charge in [0.1, 0.15) is 5.78 Å². The molecule has 1 amide bonds. The van der Waals surface area contributed by atoms with Crippen molar-refractivity contribution >= 4 is 17.4 Å². The summed E-state index contributed by atoms with van der Waals surface area (Å²) < 4.78 is 0. The van der Waals surface area contributed by atoms with Crippen molar-refractivity contribution in [1.29, 1.82) is 0 Å². The zero-order chi connectivity index (χ0) is 10.6. The first-order chi connectivity index (χ1) is 6.58. The molecule has 0 aliphatic carbocycles. The Bertz CT molecular complexity index is 327. The van der Waals surface area contributed by atoms with Crippen LogP contribution in [0.25, 0.3) is 0 Å². The van der Waals surface area contributed by atoms with Gasteiger partial charge in [-0.1, -0.05) is 12.1 Å². The van der Waals surface area contributed by atoms with E-state index >= 15 is 0 Å². The van der Waals surface area contributed by atoms with Crippen molar-refractivity contribution in [2.75, 3.05) is 5.32 Å². The van der Waals surface area contributed by atoms with Gasteiger partial charge in [0, 0.05) is 19.0 Å². The van der Waals surface area contributed by atoms with Crippen LogP contribution in [0.2, 0.25) is 0 Å². The molecule has 1 aromatic carbocycles. The van der Waals surface area contributed by atoms with Crippen LogP contribution in [0, 0.1) is 0 Å². The van der Waals surface area contributed by atoms with Crippen LogP contribution in [0.15, 0.2) is 24.3 Å². The molecule has 1 aromatic rings. The molecule has 0 bridgehead atoms. The Morgan fingerprint density at radius 1 is 1.29 bits per heavy atom. The fourth-order valence-electron chi connectivity index (χ4n) is 1.25. The van der Waals surface area contributed by atoms with Crippen molar-refractivity contribution in [3.05, 3.63) is 29.8 Å². The maximum Gasteiger partial charge on any atom is 0.221 e. The van der Waals surface area contributed by atoms with Gasteiger partial charge in [0.25, 0.3) is 0 Å². The molecule has 0 radical (unpaired) electrons. The van der Waals surface area contributed by atoms with E-state index in [4.69, 9.17) is 0 Å². The summed E-state index contributed by atoms with van der Waals surface area (Å²) in [5.41, 5.74) is 1.65. The molecule has 0 saturated carbocycles. The average molecular weight is 191 g/mol. The van der Waals surface area contributed by atoms with Crippen molar-refractivity contribution in [2.24, 2.45) is 0 Å². The summed E-state index contributed by atoms with van der Waals surface area (Å²) >= 11 is 0. The highest BCUT2D eigenvalue weighted by molar-refractivity contribution is 5.89. The highest BCUT2D eigenvalue weighted by Gasteiger charge is 1.99. The topological polar surface area (TPSA) is 46.2 Å². The minimum absolute atomic E-state index is 0.107. The molecule has 1 rings (SSSR count). The SMILES string of the molecule is CC(=O)Cc1cccc(NC(C)=O)c1. The van der Waals surface area contributed by atoms with E-state index in [1.165, 1.54) is 6.92 Å². The first kappa shape index (κ1) is 10.4. The lowest BCUT2D eigenvalue weighted by atomic mass is 10.1. The van der Waals surface area contributed by atoms with Crippen molar-refractivity contribution in [3.8, 4) is 0 Å². The van der Waals surface area contributed by atoms with Crippen LogP contribution in [-0.4, -0.2) is 11.7 Å². The second-order valence-corrected chi connectivity index (χ2v) is 3.26. The van der Waals surface area contributed by atoms with E-state index in [1.54, 1.807) is 13.0 Å².